The Kier molecular flexibility index (Phi) is 4.80. The SMILES string of the molecule is Cc1cc(F)cnc1C(=O)N1CCN(c2ncc(Br)cc2C)CC1. The molecule has 0 saturated carbocycles. The third-order valence-electron chi connectivity index (χ3n) is 4.13. The van der Waals surface area contributed by atoms with E-state index in [-0.39, 0.29) is 5.91 Å². The molecule has 1 aliphatic rings. The van der Waals surface area contributed by atoms with Crippen molar-refractivity contribution in [1.29, 1.82) is 0 Å². The summed E-state index contributed by atoms with van der Waals surface area (Å²) in [5.41, 5.74) is 1.98. The lowest BCUT2D eigenvalue weighted by Crippen LogP contribution is -2.49. The minimum Gasteiger partial charge on any atom is -0.353 e. The molecule has 0 atom stereocenters. The third kappa shape index (κ3) is 3.40. The van der Waals surface area contributed by atoms with E-state index in [0.29, 0.717) is 37.4 Å². The molecule has 0 aromatic carbocycles. The number of hydrogen-bond donors (Lipinski definition) is 0. The summed E-state index contributed by atoms with van der Waals surface area (Å²) in [4.78, 5) is 25.0. The molecule has 3 rings (SSSR count). The van der Waals surface area contributed by atoms with Gasteiger partial charge in [0, 0.05) is 36.8 Å². The van der Waals surface area contributed by atoms with Crippen LogP contribution in [0, 0.1) is 19.7 Å². The fourth-order valence-corrected chi connectivity index (χ4v) is 3.35. The number of rotatable bonds is 2. The van der Waals surface area contributed by atoms with Gasteiger partial charge in [-0.3, -0.25) is 4.79 Å². The van der Waals surface area contributed by atoms with Gasteiger partial charge < -0.3 is 9.80 Å². The Balaban J connectivity index is 1.69. The van der Waals surface area contributed by atoms with Gasteiger partial charge in [-0.1, -0.05) is 0 Å². The van der Waals surface area contributed by atoms with Crippen molar-refractivity contribution in [2.24, 2.45) is 0 Å². The number of hydrogen-bond acceptors (Lipinski definition) is 4. The Hall–Kier alpha value is -2.02. The van der Waals surface area contributed by atoms with Crippen LogP contribution in [0.3, 0.4) is 0 Å². The van der Waals surface area contributed by atoms with Gasteiger partial charge in [-0.15, -0.1) is 0 Å². The zero-order valence-electron chi connectivity index (χ0n) is 13.6. The maximum Gasteiger partial charge on any atom is 0.272 e. The quantitative estimate of drug-likeness (QED) is 0.788. The minimum atomic E-state index is -0.425. The third-order valence-corrected chi connectivity index (χ3v) is 4.56. The molecular formula is C17H18BrFN4O. The molecule has 7 heteroatoms. The minimum absolute atomic E-state index is 0.146. The number of anilines is 1. The predicted molar refractivity (Wildman–Crippen MR) is 93.7 cm³/mol. The number of piperazine rings is 1. The summed E-state index contributed by atoms with van der Waals surface area (Å²) in [6.07, 6.45) is 2.87. The summed E-state index contributed by atoms with van der Waals surface area (Å²) in [5.74, 6) is 0.375. The Morgan fingerprint density at radius 3 is 2.42 bits per heavy atom. The maximum atomic E-state index is 13.2. The standard InChI is InChI=1S/C17H18BrFN4O/c1-11-8-14(19)10-20-15(11)17(24)23-5-3-22(4-6-23)16-12(2)7-13(18)9-21-16/h7-10H,3-6H2,1-2H3. The highest BCUT2D eigenvalue weighted by Gasteiger charge is 2.25. The van der Waals surface area contributed by atoms with Crippen LogP contribution in [-0.4, -0.2) is 47.0 Å². The van der Waals surface area contributed by atoms with Crippen molar-refractivity contribution >= 4 is 27.7 Å². The average molecular weight is 393 g/mol. The summed E-state index contributed by atoms with van der Waals surface area (Å²) in [5, 5.41) is 0. The molecule has 0 radical (unpaired) electrons. The summed E-state index contributed by atoms with van der Waals surface area (Å²) >= 11 is 3.42. The van der Waals surface area contributed by atoms with Gasteiger partial charge in [0.05, 0.1) is 6.20 Å². The lowest BCUT2D eigenvalue weighted by molar-refractivity contribution is 0.0739. The molecule has 5 nitrogen and oxygen atoms in total. The second-order valence-corrected chi connectivity index (χ2v) is 6.81. The van der Waals surface area contributed by atoms with E-state index in [9.17, 15) is 9.18 Å². The van der Waals surface area contributed by atoms with Gasteiger partial charge in [0.15, 0.2) is 0 Å². The Labute approximate surface area is 148 Å². The molecule has 1 amide bonds. The molecule has 2 aromatic rings. The molecule has 0 spiro atoms. The van der Waals surface area contributed by atoms with Crippen LogP contribution in [0.5, 0.6) is 0 Å². The van der Waals surface area contributed by atoms with Crippen molar-refractivity contribution in [3.05, 3.63) is 51.6 Å². The first-order valence-corrected chi connectivity index (χ1v) is 8.53. The van der Waals surface area contributed by atoms with Crippen molar-refractivity contribution < 1.29 is 9.18 Å². The Morgan fingerprint density at radius 2 is 1.79 bits per heavy atom. The van der Waals surface area contributed by atoms with E-state index in [1.807, 2.05) is 13.0 Å². The van der Waals surface area contributed by atoms with Crippen molar-refractivity contribution in [1.82, 2.24) is 14.9 Å². The molecule has 126 valence electrons. The number of nitrogens with zero attached hydrogens (tertiary/aromatic N) is 4. The summed E-state index contributed by atoms with van der Waals surface area (Å²) < 4.78 is 14.1. The first-order chi connectivity index (χ1) is 11.5. The van der Waals surface area contributed by atoms with E-state index in [0.717, 1.165) is 22.1 Å². The van der Waals surface area contributed by atoms with Gasteiger partial charge in [-0.25, -0.2) is 14.4 Å². The molecule has 0 bridgehead atoms. The van der Waals surface area contributed by atoms with Gasteiger partial charge in [0.25, 0.3) is 5.91 Å². The highest BCUT2D eigenvalue weighted by Crippen LogP contribution is 2.22. The fourth-order valence-electron chi connectivity index (χ4n) is 2.90. The highest BCUT2D eigenvalue weighted by molar-refractivity contribution is 9.10. The Bertz CT molecular complexity index is 775. The summed E-state index contributed by atoms with van der Waals surface area (Å²) in [7, 11) is 0. The van der Waals surface area contributed by atoms with E-state index < -0.39 is 5.82 Å². The summed E-state index contributed by atoms with van der Waals surface area (Å²) in [6, 6.07) is 3.37. The molecule has 2 aromatic heterocycles. The van der Waals surface area contributed by atoms with Gasteiger partial charge >= 0.3 is 0 Å². The molecule has 3 heterocycles. The van der Waals surface area contributed by atoms with Gasteiger partial charge in [-0.05, 0) is 53.0 Å². The number of aromatic nitrogens is 2. The smallest absolute Gasteiger partial charge is 0.272 e. The van der Waals surface area contributed by atoms with Gasteiger partial charge in [-0.2, -0.15) is 0 Å². The second kappa shape index (κ2) is 6.84. The average Bonchev–Trinajstić information content (AvgIpc) is 2.54. The van der Waals surface area contributed by atoms with Crippen LogP contribution < -0.4 is 4.90 Å². The van der Waals surface area contributed by atoms with Gasteiger partial charge in [0.1, 0.15) is 17.3 Å². The van der Waals surface area contributed by atoms with Crippen molar-refractivity contribution in [3.63, 3.8) is 0 Å². The van der Waals surface area contributed by atoms with Crippen molar-refractivity contribution in [3.8, 4) is 0 Å². The van der Waals surface area contributed by atoms with E-state index in [2.05, 4.69) is 30.8 Å². The monoisotopic (exact) mass is 392 g/mol. The van der Waals surface area contributed by atoms with Crippen LogP contribution >= 0.6 is 15.9 Å². The Morgan fingerprint density at radius 1 is 1.08 bits per heavy atom. The van der Waals surface area contributed by atoms with E-state index in [1.54, 1.807) is 18.0 Å². The zero-order chi connectivity index (χ0) is 17.3. The second-order valence-electron chi connectivity index (χ2n) is 5.89. The largest absolute Gasteiger partial charge is 0.353 e. The fraction of sp³-hybridized carbons (Fsp3) is 0.353. The number of carbonyl (C=O) groups excluding carboxylic acids is 1. The van der Waals surface area contributed by atoms with Crippen molar-refractivity contribution in [2.45, 2.75) is 13.8 Å². The number of aryl methyl sites for hydroxylation is 2. The lowest BCUT2D eigenvalue weighted by atomic mass is 10.1. The normalized spacial score (nSPS) is 14.8. The lowest BCUT2D eigenvalue weighted by Gasteiger charge is -2.36. The van der Waals surface area contributed by atoms with E-state index in [4.69, 9.17) is 0 Å². The molecule has 24 heavy (non-hydrogen) atoms. The number of halogens is 2. The number of pyridine rings is 2. The van der Waals surface area contributed by atoms with Crippen LogP contribution in [0.1, 0.15) is 21.6 Å². The van der Waals surface area contributed by atoms with Crippen LogP contribution in [0.4, 0.5) is 10.2 Å². The molecular weight excluding hydrogens is 375 g/mol. The van der Waals surface area contributed by atoms with Gasteiger partial charge in [0.2, 0.25) is 0 Å². The van der Waals surface area contributed by atoms with Crippen molar-refractivity contribution in [2.75, 3.05) is 31.1 Å². The van der Waals surface area contributed by atoms with Crippen LogP contribution in [0.15, 0.2) is 29.0 Å². The van der Waals surface area contributed by atoms with E-state index in [1.165, 1.54) is 6.07 Å². The molecule has 1 fully saturated rings. The van der Waals surface area contributed by atoms with Crippen LogP contribution in [0.25, 0.3) is 0 Å². The summed E-state index contributed by atoms with van der Waals surface area (Å²) in [6.45, 7) is 6.33. The first-order valence-electron chi connectivity index (χ1n) is 7.74. The molecule has 0 N–H and O–H groups in total. The topological polar surface area (TPSA) is 49.3 Å². The highest BCUT2D eigenvalue weighted by atomic mass is 79.9. The molecule has 1 saturated heterocycles. The van der Waals surface area contributed by atoms with Crippen LogP contribution in [-0.2, 0) is 0 Å². The molecule has 1 aliphatic heterocycles. The number of carbonyl (C=O) groups is 1. The van der Waals surface area contributed by atoms with E-state index >= 15 is 0 Å². The predicted octanol–water partition coefficient (Wildman–Crippen LogP) is 2.96. The zero-order valence-corrected chi connectivity index (χ0v) is 15.2. The molecule has 0 unspecified atom stereocenters. The number of amides is 1. The first kappa shape index (κ1) is 16.8. The maximum absolute atomic E-state index is 13.2. The molecule has 0 aliphatic carbocycles. The van der Waals surface area contributed by atoms with Crippen LogP contribution in [0.2, 0.25) is 0 Å².